The number of likely N-dealkylation sites (tertiary alicyclic amines) is 3. The summed E-state index contributed by atoms with van der Waals surface area (Å²) in [5, 5.41) is 4.89. The average molecular weight is 733 g/mol. The Bertz CT molecular complexity index is 1610. The summed E-state index contributed by atoms with van der Waals surface area (Å²) < 4.78 is 98.4. The van der Waals surface area contributed by atoms with Crippen molar-refractivity contribution in [2.24, 2.45) is 0 Å². The quantitative estimate of drug-likeness (QED) is 0.233. The number of benzene rings is 1. The molecule has 49 heavy (non-hydrogen) atoms. The lowest BCUT2D eigenvalue weighted by molar-refractivity contribution is -0.139. The lowest BCUT2D eigenvalue weighted by Crippen LogP contribution is -2.45. The molecule has 1 aromatic heterocycles. The number of piperidine rings is 2. The molecular weight excluding hydrogens is 688 g/mol. The Morgan fingerprint density at radius 3 is 2.43 bits per heavy atom. The fourth-order valence-electron chi connectivity index (χ4n) is 7.67. The number of amides is 1. The number of hydrogen-bond acceptors (Lipinski definition) is 7. The highest BCUT2D eigenvalue weighted by Crippen LogP contribution is 2.40. The summed E-state index contributed by atoms with van der Waals surface area (Å²) in [6, 6.07) is 4.19. The van der Waals surface area contributed by atoms with E-state index in [9.17, 15) is 35.2 Å². The van der Waals surface area contributed by atoms with Crippen LogP contribution in [0.3, 0.4) is 0 Å². The number of carbonyl (C=O) groups is 1. The molecule has 3 fully saturated rings. The SMILES string of the molecule is CS(=O)(=O)N1CCc2c(c(-c3ccc(C(F)(F)F)c(SCCN4CCCC(F)(F)C4)c3)nn2CCCN2CCC(N3CCCC3=O)CC2)C1. The average Bonchev–Trinajstić information content (AvgIpc) is 3.63. The molecule has 1 aromatic carbocycles. The van der Waals surface area contributed by atoms with Crippen LogP contribution in [0.15, 0.2) is 23.1 Å². The van der Waals surface area contributed by atoms with Gasteiger partial charge in [0.15, 0.2) is 0 Å². The largest absolute Gasteiger partial charge is 0.417 e. The minimum absolute atomic E-state index is 0.00752. The van der Waals surface area contributed by atoms with E-state index in [1.165, 1.54) is 16.4 Å². The van der Waals surface area contributed by atoms with E-state index in [0.29, 0.717) is 61.8 Å². The van der Waals surface area contributed by atoms with Crippen LogP contribution >= 0.6 is 11.8 Å². The van der Waals surface area contributed by atoms with Crippen molar-refractivity contribution in [3.8, 4) is 11.3 Å². The van der Waals surface area contributed by atoms with Crippen LogP contribution in [0.5, 0.6) is 0 Å². The van der Waals surface area contributed by atoms with Gasteiger partial charge in [-0.2, -0.15) is 22.6 Å². The van der Waals surface area contributed by atoms with Crippen molar-refractivity contribution >= 4 is 27.7 Å². The van der Waals surface area contributed by atoms with Crippen LogP contribution in [0.2, 0.25) is 0 Å². The molecule has 6 rings (SSSR count). The first-order valence-corrected chi connectivity index (χ1v) is 20.0. The molecule has 4 aliphatic heterocycles. The Kier molecular flexibility index (Phi) is 11.0. The summed E-state index contributed by atoms with van der Waals surface area (Å²) >= 11 is 0.989. The minimum atomic E-state index is -4.61. The predicted molar refractivity (Wildman–Crippen MR) is 178 cm³/mol. The first-order valence-electron chi connectivity index (χ1n) is 17.2. The smallest absolute Gasteiger partial charge is 0.340 e. The Hall–Kier alpha value is -2.27. The van der Waals surface area contributed by atoms with E-state index in [1.54, 1.807) is 4.90 Å². The van der Waals surface area contributed by atoms with E-state index >= 15 is 0 Å². The van der Waals surface area contributed by atoms with Crippen molar-refractivity contribution in [3.63, 3.8) is 0 Å². The number of aryl methyl sites for hydroxylation is 1. The van der Waals surface area contributed by atoms with E-state index in [1.807, 2.05) is 9.58 Å². The molecule has 0 radical (unpaired) electrons. The number of carbonyl (C=O) groups excluding carboxylic acids is 1. The third-order valence-electron chi connectivity index (χ3n) is 10.2. The summed E-state index contributed by atoms with van der Waals surface area (Å²) in [5.74, 6) is -2.32. The second kappa shape index (κ2) is 14.8. The molecule has 16 heteroatoms. The van der Waals surface area contributed by atoms with E-state index < -0.39 is 34.2 Å². The Morgan fingerprint density at radius 2 is 1.76 bits per heavy atom. The second-order valence-corrected chi connectivity index (χ2v) is 16.9. The Balaban J connectivity index is 1.18. The maximum Gasteiger partial charge on any atom is 0.417 e. The molecule has 9 nitrogen and oxygen atoms in total. The van der Waals surface area contributed by atoms with Gasteiger partial charge in [0, 0.05) is 98.6 Å². The first-order chi connectivity index (χ1) is 23.2. The fourth-order valence-corrected chi connectivity index (χ4v) is 9.57. The van der Waals surface area contributed by atoms with Crippen molar-refractivity contribution < 1.29 is 35.2 Å². The number of nitrogens with zero attached hydrogens (tertiary/aromatic N) is 6. The minimum Gasteiger partial charge on any atom is -0.340 e. The molecule has 0 saturated carbocycles. The molecule has 0 bridgehead atoms. The van der Waals surface area contributed by atoms with Gasteiger partial charge in [0.1, 0.15) is 0 Å². The van der Waals surface area contributed by atoms with Gasteiger partial charge in [0.05, 0.1) is 24.1 Å². The molecule has 0 unspecified atom stereocenters. The molecule has 5 heterocycles. The molecule has 0 atom stereocenters. The zero-order valence-corrected chi connectivity index (χ0v) is 29.5. The zero-order chi connectivity index (χ0) is 35.0. The van der Waals surface area contributed by atoms with E-state index in [2.05, 4.69) is 4.90 Å². The molecule has 4 aliphatic rings. The number of thioether (sulfide) groups is 1. The van der Waals surface area contributed by atoms with Gasteiger partial charge in [-0.1, -0.05) is 6.07 Å². The van der Waals surface area contributed by atoms with Crippen molar-refractivity contribution in [3.05, 3.63) is 35.0 Å². The normalized spacial score (nSPS) is 21.8. The third-order valence-corrected chi connectivity index (χ3v) is 12.5. The standard InChI is InChI=1S/C33H45F5N6O3S2/c1-49(46,47)42-18-10-28-26(22-42)31(39-44(28)15-4-13-40-16-8-25(9-17-40)43-14-2-5-30(43)45)24-6-7-27(33(36,37)38)29(21-24)48-20-19-41-12-3-11-32(34,35)23-41/h6-7,21,25H,2-5,8-20,22-23H2,1H3. The molecular formula is C33H45F5N6O3S2. The van der Waals surface area contributed by atoms with Gasteiger partial charge in [-0.3, -0.25) is 14.4 Å². The Labute approximate surface area is 289 Å². The van der Waals surface area contributed by atoms with E-state index in [-0.39, 0.29) is 36.1 Å². The van der Waals surface area contributed by atoms with Crippen LogP contribution in [0.25, 0.3) is 11.3 Å². The van der Waals surface area contributed by atoms with Gasteiger partial charge in [-0.15, -0.1) is 11.8 Å². The number of aromatic nitrogens is 2. The predicted octanol–water partition coefficient (Wildman–Crippen LogP) is 5.19. The van der Waals surface area contributed by atoms with Crippen molar-refractivity contribution in [1.82, 2.24) is 28.8 Å². The van der Waals surface area contributed by atoms with Gasteiger partial charge >= 0.3 is 6.18 Å². The molecule has 3 saturated heterocycles. The number of rotatable bonds is 11. The van der Waals surface area contributed by atoms with Crippen molar-refractivity contribution in [2.75, 3.05) is 64.4 Å². The molecule has 272 valence electrons. The number of sulfonamides is 1. The van der Waals surface area contributed by atoms with Gasteiger partial charge < -0.3 is 9.80 Å². The van der Waals surface area contributed by atoms with Gasteiger partial charge in [0.2, 0.25) is 15.9 Å². The van der Waals surface area contributed by atoms with E-state index in [0.717, 1.165) is 81.6 Å². The van der Waals surface area contributed by atoms with Crippen molar-refractivity contribution in [1.29, 1.82) is 0 Å². The summed E-state index contributed by atoms with van der Waals surface area (Å²) in [6.45, 7) is 4.80. The highest BCUT2D eigenvalue weighted by atomic mass is 32.2. The highest BCUT2D eigenvalue weighted by Gasteiger charge is 2.37. The first kappa shape index (κ1) is 36.5. The van der Waals surface area contributed by atoms with Gasteiger partial charge in [-0.05, 0) is 57.3 Å². The fraction of sp³-hybridized carbons (Fsp3) is 0.697. The topological polar surface area (TPSA) is 82.0 Å². The number of halogens is 5. The van der Waals surface area contributed by atoms with Crippen LogP contribution < -0.4 is 0 Å². The molecule has 1 amide bonds. The van der Waals surface area contributed by atoms with Crippen LogP contribution in [0.4, 0.5) is 22.0 Å². The van der Waals surface area contributed by atoms with Crippen LogP contribution in [0, 0.1) is 0 Å². The second-order valence-electron chi connectivity index (χ2n) is 13.8. The Morgan fingerprint density at radius 1 is 0.980 bits per heavy atom. The number of hydrogen-bond donors (Lipinski definition) is 0. The van der Waals surface area contributed by atoms with Crippen LogP contribution in [-0.2, 0) is 40.5 Å². The maximum absolute atomic E-state index is 14.1. The molecule has 2 aromatic rings. The number of alkyl halides is 5. The van der Waals surface area contributed by atoms with Crippen LogP contribution in [-0.4, -0.2) is 119 Å². The van der Waals surface area contributed by atoms with Crippen molar-refractivity contribution in [2.45, 2.75) is 87.5 Å². The van der Waals surface area contributed by atoms with Gasteiger partial charge in [0.25, 0.3) is 5.92 Å². The summed E-state index contributed by atoms with van der Waals surface area (Å²) in [4.78, 5) is 18.2. The molecule has 0 aliphatic carbocycles. The van der Waals surface area contributed by atoms with E-state index in [4.69, 9.17) is 5.10 Å². The zero-order valence-electron chi connectivity index (χ0n) is 27.9. The van der Waals surface area contributed by atoms with Gasteiger partial charge in [-0.25, -0.2) is 17.2 Å². The van der Waals surface area contributed by atoms with Crippen LogP contribution in [0.1, 0.15) is 61.8 Å². The highest BCUT2D eigenvalue weighted by molar-refractivity contribution is 7.99. The molecule has 0 spiro atoms. The monoisotopic (exact) mass is 732 g/mol. The lowest BCUT2D eigenvalue weighted by Gasteiger charge is -2.36. The molecule has 0 N–H and O–H groups in total. The summed E-state index contributed by atoms with van der Waals surface area (Å²) in [7, 11) is -3.52. The maximum atomic E-state index is 14.1. The summed E-state index contributed by atoms with van der Waals surface area (Å²) in [6.07, 6.45) is 1.43. The third kappa shape index (κ3) is 8.79. The number of fused-ring (bicyclic) bond motifs is 1. The summed E-state index contributed by atoms with van der Waals surface area (Å²) in [5.41, 5.74) is 1.71. The lowest BCUT2D eigenvalue weighted by atomic mass is 10.0.